The van der Waals surface area contributed by atoms with E-state index in [-0.39, 0.29) is 11.6 Å². The molecule has 1 aromatic heterocycles. The number of rotatable bonds is 4. The largest absolute Gasteiger partial charge is 0.481 e. The molecule has 1 atom stereocenters. The van der Waals surface area contributed by atoms with Gasteiger partial charge < -0.3 is 15.3 Å². The van der Waals surface area contributed by atoms with Gasteiger partial charge in [0.2, 0.25) is 0 Å². The van der Waals surface area contributed by atoms with Crippen LogP contribution in [0.15, 0.2) is 12.1 Å². The van der Waals surface area contributed by atoms with E-state index in [4.69, 9.17) is 0 Å². The van der Waals surface area contributed by atoms with Crippen LogP contribution in [0, 0.1) is 5.41 Å². The molecule has 0 radical (unpaired) electrons. The first-order chi connectivity index (χ1) is 9.46. The van der Waals surface area contributed by atoms with Crippen LogP contribution in [0.1, 0.15) is 30.8 Å². The highest BCUT2D eigenvalue weighted by molar-refractivity contribution is 5.92. The molecule has 0 spiro atoms. The lowest BCUT2D eigenvalue weighted by Crippen LogP contribution is -2.32. The Hall–Kier alpha value is -2.18. The van der Waals surface area contributed by atoms with Crippen LogP contribution in [0.2, 0.25) is 0 Å². The average molecular weight is 278 g/mol. The summed E-state index contributed by atoms with van der Waals surface area (Å²) in [5.74, 6) is -0.460. The molecule has 2 rings (SSSR count). The molecule has 1 saturated heterocycles. The van der Waals surface area contributed by atoms with Crippen molar-refractivity contribution in [1.82, 2.24) is 15.5 Å². The lowest BCUT2D eigenvalue weighted by atomic mass is 9.90. The van der Waals surface area contributed by atoms with Crippen LogP contribution >= 0.6 is 0 Å². The van der Waals surface area contributed by atoms with Gasteiger partial charge in [0.1, 0.15) is 0 Å². The van der Waals surface area contributed by atoms with Crippen molar-refractivity contribution in [2.24, 2.45) is 5.41 Å². The Kier molecular flexibility index (Phi) is 3.87. The minimum Gasteiger partial charge on any atom is -0.481 e. The summed E-state index contributed by atoms with van der Waals surface area (Å²) in [5.41, 5.74) is -0.490. The lowest BCUT2D eigenvalue weighted by molar-refractivity contribution is -0.146. The van der Waals surface area contributed by atoms with Gasteiger partial charge in [0.15, 0.2) is 11.5 Å². The van der Waals surface area contributed by atoms with Crippen molar-refractivity contribution in [3.05, 3.63) is 17.8 Å². The Balaban J connectivity index is 2.08. The van der Waals surface area contributed by atoms with Gasteiger partial charge in [-0.15, -0.1) is 10.2 Å². The van der Waals surface area contributed by atoms with Gasteiger partial charge in [0.25, 0.3) is 5.91 Å². The second kappa shape index (κ2) is 5.44. The molecule has 0 aromatic carbocycles. The number of nitrogens with zero attached hydrogens (tertiary/aromatic N) is 3. The quantitative estimate of drug-likeness (QED) is 0.834. The topological polar surface area (TPSA) is 95.4 Å². The van der Waals surface area contributed by atoms with Crippen molar-refractivity contribution in [3.63, 3.8) is 0 Å². The zero-order valence-corrected chi connectivity index (χ0v) is 11.6. The van der Waals surface area contributed by atoms with Crippen molar-refractivity contribution >= 4 is 17.7 Å². The molecule has 1 aromatic rings. The summed E-state index contributed by atoms with van der Waals surface area (Å²) >= 11 is 0. The van der Waals surface area contributed by atoms with Crippen LogP contribution in [-0.4, -0.2) is 46.8 Å². The van der Waals surface area contributed by atoms with Gasteiger partial charge in [0.05, 0.1) is 5.41 Å². The average Bonchev–Trinajstić information content (AvgIpc) is 2.83. The van der Waals surface area contributed by atoms with E-state index in [1.165, 1.54) is 0 Å². The maximum atomic E-state index is 11.6. The van der Waals surface area contributed by atoms with Gasteiger partial charge in [-0.3, -0.25) is 9.59 Å². The van der Waals surface area contributed by atoms with Gasteiger partial charge in [-0.25, -0.2) is 0 Å². The van der Waals surface area contributed by atoms with Crippen molar-refractivity contribution in [1.29, 1.82) is 0 Å². The van der Waals surface area contributed by atoms with E-state index in [2.05, 4.69) is 15.5 Å². The normalized spacial score (nSPS) is 21.8. The van der Waals surface area contributed by atoms with Crippen LogP contribution in [0.25, 0.3) is 0 Å². The number of carbonyl (C=O) groups excluding carboxylic acids is 1. The Morgan fingerprint density at radius 3 is 2.70 bits per heavy atom. The van der Waals surface area contributed by atoms with Gasteiger partial charge >= 0.3 is 5.97 Å². The number of nitrogens with one attached hydrogen (secondary N) is 1. The molecule has 1 fully saturated rings. The predicted molar refractivity (Wildman–Crippen MR) is 72.6 cm³/mol. The third kappa shape index (κ3) is 2.71. The SMILES string of the molecule is CCNC(=O)c1ccc(N2CCC(C)(C(=O)O)C2)nn1. The fourth-order valence-electron chi connectivity index (χ4n) is 2.20. The number of carboxylic acids is 1. The van der Waals surface area contributed by atoms with Crippen LogP contribution in [-0.2, 0) is 4.79 Å². The number of amides is 1. The predicted octanol–water partition coefficient (Wildman–Crippen LogP) is 0.527. The first-order valence-electron chi connectivity index (χ1n) is 6.56. The van der Waals surface area contributed by atoms with Gasteiger partial charge in [0, 0.05) is 19.6 Å². The van der Waals surface area contributed by atoms with Crippen molar-refractivity contribution < 1.29 is 14.7 Å². The van der Waals surface area contributed by atoms with Crippen LogP contribution in [0.4, 0.5) is 5.82 Å². The highest BCUT2D eigenvalue weighted by atomic mass is 16.4. The summed E-state index contributed by atoms with van der Waals surface area (Å²) in [6.07, 6.45) is 0.572. The Bertz CT molecular complexity index is 517. The molecule has 2 heterocycles. The molecule has 20 heavy (non-hydrogen) atoms. The lowest BCUT2D eigenvalue weighted by Gasteiger charge is -2.20. The maximum Gasteiger partial charge on any atom is 0.311 e. The van der Waals surface area contributed by atoms with Crippen LogP contribution in [0.3, 0.4) is 0 Å². The molecule has 7 heteroatoms. The molecule has 0 saturated carbocycles. The number of aromatic nitrogens is 2. The smallest absolute Gasteiger partial charge is 0.311 e. The van der Waals surface area contributed by atoms with Crippen molar-refractivity contribution in [2.45, 2.75) is 20.3 Å². The molecule has 108 valence electrons. The van der Waals surface area contributed by atoms with E-state index >= 15 is 0 Å². The van der Waals surface area contributed by atoms with Gasteiger partial charge in [-0.05, 0) is 32.4 Å². The van der Waals surface area contributed by atoms with Crippen LogP contribution < -0.4 is 10.2 Å². The summed E-state index contributed by atoms with van der Waals surface area (Å²) in [6.45, 7) is 5.11. The Morgan fingerprint density at radius 1 is 1.45 bits per heavy atom. The minimum absolute atomic E-state index is 0.260. The molecule has 7 nitrogen and oxygen atoms in total. The summed E-state index contributed by atoms with van der Waals surface area (Å²) in [4.78, 5) is 24.6. The minimum atomic E-state index is -0.799. The number of hydrogen-bond acceptors (Lipinski definition) is 5. The number of carboxylic acid groups (broad SMARTS) is 1. The molecule has 0 aliphatic carbocycles. The molecular formula is C13H18N4O3. The number of aliphatic carboxylic acids is 1. The van der Waals surface area contributed by atoms with Crippen molar-refractivity contribution in [2.75, 3.05) is 24.5 Å². The highest BCUT2D eigenvalue weighted by Gasteiger charge is 2.41. The number of carbonyl (C=O) groups is 2. The van der Waals surface area contributed by atoms with E-state index in [1.54, 1.807) is 19.1 Å². The zero-order chi connectivity index (χ0) is 14.8. The summed E-state index contributed by atoms with van der Waals surface area (Å²) in [6, 6.07) is 3.30. The van der Waals surface area contributed by atoms with E-state index in [0.717, 1.165) is 0 Å². The fraction of sp³-hybridized carbons (Fsp3) is 0.538. The summed E-state index contributed by atoms with van der Waals surface area (Å²) in [7, 11) is 0. The third-order valence-corrected chi connectivity index (χ3v) is 3.53. The Labute approximate surface area is 117 Å². The molecule has 1 unspecified atom stereocenters. The van der Waals surface area contributed by atoms with Crippen LogP contribution in [0.5, 0.6) is 0 Å². The molecular weight excluding hydrogens is 260 g/mol. The van der Waals surface area contributed by atoms with E-state index < -0.39 is 11.4 Å². The van der Waals surface area contributed by atoms with Gasteiger partial charge in [-0.1, -0.05) is 0 Å². The zero-order valence-electron chi connectivity index (χ0n) is 11.6. The maximum absolute atomic E-state index is 11.6. The standard InChI is InChI=1S/C13H18N4O3/c1-3-14-11(18)9-4-5-10(16-15-9)17-7-6-13(2,8-17)12(19)20/h4-5H,3,6-8H2,1-2H3,(H,14,18)(H,19,20). The monoisotopic (exact) mass is 278 g/mol. The van der Waals surface area contributed by atoms with E-state index in [9.17, 15) is 14.7 Å². The summed E-state index contributed by atoms with van der Waals surface area (Å²) < 4.78 is 0. The van der Waals surface area contributed by atoms with E-state index in [1.807, 2.05) is 11.8 Å². The Morgan fingerprint density at radius 2 is 2.20 bits per heavy atom. The first kappa shape index (κ1) is 14.2. The molecule has 2 N–H and O–H groups in total. The fourth-order valence-corrected chi connectivity index (χ4v) is 2.20. The summed E-state index contributed by atoms with van der Waals surface area (Å²) in [5, 5.41) is 19.7. The van der Waals surface area contributed by atoms with Crippen molar-refractivity contribution in [3.8, 4) is 0 Å². The molecule has 0 bridgehead atoms. The second-order valence-corrected chi connectivity index (χ2v) is 5.17. The second-order valence-electron chi connectivity index (χ2n) is 5.17. The first-order valence-corrected chi connectivity index (χ1v) is 6.56. The van der Waals surface area contributed by atoms with Gasteiger partial charge in [-0.2, -0.15) is 0 Å². The molecule has 1 aliphatic rings. The number of anilines is 1. The molecule has 1 aliphatic heterocycles. The number of hydrogen-bond donors (Lipinski definition) is 2. The third-order valence-electron chi connectivity index (χ3n) is 3.53. The van der Waals surface area contributed by atoms with E-state index in [0.29, 0.717) is 31.9 Å². The highest BCUT2D eigenvalue weighted by Crippen LogP contribution is 2.32. The molecule has 1 amide bonds.